The van der Waals surface area contributed by atoms with Crippen molar-refractivity contribution in [1.82, 2.24) is 10.6 Å². The highest BCUT2D eigenvalue weighted by atomic mass is 32.1. The molecule has 0 radical (unpaired) electrons. The number of carbonyl (C=O) groups excluding carboxylic acids is 2. The van der Waals surface area contributed by atoms with Gasteiger partial charge in [0.15, 0.2) is 23.9 Å². The summed E-state index contributed by atoms with van der Waals surface area (Å²) >= 11 is 1.44. The molecule has 0 spiro atoms. The molecule has 184 valence electrons. The van der Waals surface area contributed by atoms with Crippen LogP contribution in [0.15, 0.2) is 24.3 Å². The zero-order chi connectivity index (χ0) is 25.5. The number of phenolic OH excluding ortho intramolecular Hbond substituents is 1. The normalized spacial score (nSPS) is 12.6. The molecular formula is C20H19F3N2O8S. The molecule has 1 aromatic carbocycles. The lowest BCUT2D eigenvalue weighted by atomic mass is 10.1. The minimum Gasteiger partial charge on any atom is -0.504 e. The minimum atomic E-state index is -5.08. The van der Waals surface area contributed by atoms with Crippen molar-refractivity contribution in [2.75, 3.05) is 19.7 Å². The number of carboxylic acid groups (broad SMARTS) is 2. The molecule has 0 bridgehead atoms. The molecule has 3 rings (SSSR count). The first kappa shape index (κ1) is 26.6. The Morgan fingerprint density at radius 1 is 1.15 bits per heavy atom. The predicted octanol–water partition coefficient (Wildman–Crippen LogP) is 1.81. The Bertz CT molecular complexity index is 1060. The number of thiophene rings is 1. The van der Waals surface area contributed by atoms with Crippen molar-refractivity contribution in [3.63, 3.8) is 0 Å². The van der Waals surface area contributed by atoms with Gasteiger partial charge in [-0.1, -0.05) is 0 Å². The van der Waals surface area contributed by atoms with E-state index >= 15 is 0 Å². The van der Waals surface area contributed by atoms with Crippen LogP contribution in [0.3, 0.4) is 0 Å². The van der Waals surface area contributed by atoms with Crippen molar-refractivity contribution in [1.29, 1.82) is 0 Å². The van der Waals surface area contributed by atoms with Crippen molar-refractivity contribution >= 4 is 35.0 Å². The van der Waals surface area contributed by atoms with E-state index in [0.29, 0.717) is 4.88 Å². The van der Waals surface area contributed by atoms with Crippen LogP contribution in [0.4, 0.5) is 13.2 Å². The molecule has 14 heteroatoms. The number of benzene rings is 1. The van der Waals surface area contributed by atoms with Gasteiger partial charge in [0.05, 0.1) is 11.4 Å². The topological polar surface area (TPSA) is 162 Å². The van der Waals surface area contributed by atoms with Crippen LogP contribution in [0, 0.1) is 0 Å². The summed E-state index contributed by atoms with van der Waals surface area (Å²) in [5, 5.41) is 31.4. The van der Waals surface area contributed by atoms with E-state index in [4.69, 9.17) is 19.7 Å². The minimum absolute atomic E-state index is 0.0317. The number of aliphatic carboxylic acids is 2. The molecule has 1 aliphatic rings. The number of hydrogen-bond acceptors (Lipinski definition) is 8. The third-order valence-electron chi connectivity index (χ3n) is 4.25. The lowest BCUT2D eigenvalue weighted by Gasteiger charge is -2.10. The highest BCUT2D eigenvalue weighted by Gasteiger charge is 2.38. The quantitative estimate of drug-likeness (QED) is 0.354. The number of fused-ring (bicyclic) bond motifs is 1. The van der Waals surface area contributed by atoms with Crippen LogP contribution in [0.2, 0.25) is 0 Å². The Labute approximate surface area is 194 Å². The van der Waals surface area contributed by atoms with E-state index in [0.717, 1.165) is 25.1 Å². The summed E-state index contributed by atoms with van der Waals surface area (Å²) in [6.45, 7) is 0.821. The zero-order valence-electron chi connectivity index (χ0n) is 17.3. The molecule has 0 aliphatic carbocycles. The summed E-state index contributed by atoms with van der Waals surface area (Å²) < 4.78 is 36.6. The first-order valence-corrected chi connectivity index (χ1v) is 10.3. The maximum atomic E-state index is 12.3. The summed E-state index contributed by atoms with van der Waals surface area (Å²) in [7, 11) is 0. The van der Waals surface area contributed by atoms with Crippen molar-refractivity contribution in [2.24, 2.45) is 0 Å². The van der Waals surface area contributed by atoms with Crippen molar-refractivity contribution in [3.05, 3.63) is 45.1 Å². The predicted molar refractivity (Wildman–Crippen MR) is 111 cm³/mol. The summed E-state index contributed by atoms with van der Waals surface area (Å²) in [4.78, 5) is 45.6. The van der Waals surface area contributed by atoms with E-state index < -0.39 is 24.7 Å². The molecule has 0 atom stereocenters. The van der Waals surface area contributed by atoms with Crippen LogP contribution < -0.4 is 15.4 Å². The average Bonchev–Trinajstić information content (AvgIpc) is 3.20. The van der Waals surface area contributed by atoms with E-state index in [2.05, 4.69) is 10.6 Å². The van der Waals surface area contributed by atoms with Gasteiger partial charge in [0, 0.05) is 23.5 Å². The summed E-state index contributed by atoms with van der Waals surface area (Å²) in [6.07, 6.45) is -4.19. The van der Waals surface area contributed by atoms with E-state index in [9.17, 15) is 32.7 Å². The van der Waals surface area contributed by atoms with Gasteiger partial charge >= 0.3 is 18.1 Å². The summed E-state index contributed by atoms with van der Waals surface area (Å²) in [5.74, 6) is -5.00. The second-order valence-electron chi connectivity index (χ2n) is 6.76. The number of rotatable bonds is 7. The molecule has 0 unspecified atom stereocenters. The number of Topliss-reactive ketones (excluding diaryl/α,β-unsaturated/α-hetero) is 1. The number of ether oxygens (including phenoxy) is 1. The summed E-state index contributed by atoms with van der Waals surface area (Å²) in [5.41, 5.74) is 1.30. The number of carbonyl (C=O) groups is 4. The van der Waals surface area contributed by atoms with E-state index in [1.807, 2.05) is 6.07 Å². The smallest absolute Gasteiger partial charge is 0.490 e. The molecule has 2 heterocycles. The van der Waals surface area contributed by atoms with Gasteiger partial charge in [-0.05, 0) is 36.2 Å². The average molecular weight is 504 g/mol. The highest BCUT2D eigenvalue weighted by molar-refractivity contribution is 7.14. The number of nitrogens with one attached hydrogen (secondary N) is 2. The number of amides is 1. The van der Waals surface area contributed by atoms with Gasteiger partial charge in [-0.25, -0.2) is 9.59 Å². The van der Waals surface area contributed by atoms with Crippen LogP contribution in [-0.2, 0) is 22.6 Å². The largest absolute Gasteiger partial charge is 0.504 e. The van der Waals surface area contributed by atoms with Gasteiger partial charge in [0.2, 0.25) is 0 Å². The Morgan fingerprint density at radius 2 is 1.82 bits per heavy atom. The monoisotopic (exact) mass is 504 g/mol. The molecule has 1 aromatic heterocycles. The van der Waals surface area contributed by atoms with Gasteiger partial charge in [-0.3, -0.25) is 9.59 Å². The Hall–Kier alpha value is -3.65. The van der Waals surface area contributed by atoms with Crippen LogP contribution in [-0.4, -0.2) is 64.8 Å². The van der Waals surface area contributed by atoms with Gasteiger partial charge in [-0.2, -0.15) is 13.2 Å². The number of phenols is 1. The van der Waals surface area contributed by atoms with Crippen LogP contribution in [0.25, 0.3) is 0 Å². The molecule has 0 saturated heterocycles. The molecule has 0 saturated carbocycles. The number of alkyl halides is 3. The number of carboxylic acids is 2. The molecule has 1 amide bonds. The van der Waals surface area contributed by atoms with Crippen LogP contribution >= 0.6 is 11.3 Å². The highest BCUT2D eigenvalue weighted by Crippen LogP contribution is 2.27. The number of halogens is 3. The van der Waals surface area contributed by atoms with Gasteiger partial charge in [-0.15, -0.1) is 11.3 Å². The second kappa shape index (κ2) is 11.5. The zero-order valence-corrected chi connectivity index (χ0v) is 18.1. The number of ketones is 1. The molecule has 0 fully saturated rings. The fourth-order valence-electron chi connectivity index (χ4n) is 2.67. The molecule has 10 nitrogen and oxygen atoms in total. The molecular weight excluding hydrogens is 485 g/mol. The maximum Gasteiger partial charge on any atom is 0.490 e. The second-order valence-corrected chi connectivity index (χ2v) is 7.90. The maximum absolute atomic E-state index is 12.3. The Morgan fingerprint density at radius 3 is 2.38 bits per heavy atom. The molecule has 2 aromatic rings. The lowest BCUT2D eigenvalue weighted by Crippen LogP contribution is -2.29. The third kappa shape index (κ3) is 7.74. The molecule has 34 heavy (non-hydrogen) atoms. The van der Waals surface area contributed by atoms with Gasteiger partial charge in [0.1, 0.15) is 0 Å². The van der Waals surface area contributed by atoms with Crippen molar-refractivity contribution < 1.29 is 52.4 Å². The fourth-order valence-corrected chi connectivity index (χ4v) is 3.76. The SMILES string of the molecule is O=C(O)C(F)(F)F.O=C(O)COc1ccc(C(=O)CNC(=O)c2cc3c(s2)CCNC3)cc1O. The number of hydrogen-bond donors (Lipinski definition) is 5. The van der Waals surface area contributed by atoms with E-state index in [-0.39, 0.29) is 35.3 Å². The first-order valence-electron chi connectivity index (χ1n) is 9.50. The third-order valence-corrected chi connectivity index (χ3v) is 5.48. The lowest BCUT2D eigenvalue weighted by molar-refractivity contribution is -0.192. The first-order chi connectivity index (χ1) is 15.9. The Balaban J connectivity index is 0.000000509. The van der Waals surface area contributed by atoms with E-state index in [1.54, 1.807) is 0 Å². The fraction of sp³-hybridized carbons (Fsp3) is 0.300. The number of aromatic hydroxyl groups is 1. The molecule has 1 aliphatic heterocycles. The summed E-state index contributed by atoms with van der Waals surface area (Å²) in [6, 6.07) is 5.74. The van der Waals surface area contributed by atoms with Crippen LogP contribution in [0.1, 0.15) is 30.5 Å². The molecule has 5 N–H and O–H groups in total. The van der Waals surface area contributed by atoms with Crippen LogP contribution in [0.5, 0.6) is 11.5 Å². The van der Waals surface area contributed by atoms with Gasteiger partial charge in [0.25, 0.3) is 5.91 Å². The standard InChI is InChI=1S/C18H18N2O6S.C2HF3O2/c21-12-5-10(1-2-14(12)26-9-17(23)24)13(22)8-20-18(25)16-6-11-7-19-4-3-15(11)27-16;3-2(4,5)1(6)7/h1-2,5-6,19,21H,3-4,7-9H2,(H,20,25)(H,23,24);(H,6,7). The Kier molecular flexibility index (Phi) is 8.97. The van der Waals surface area contributed by atoms with E-state index in [1.165, 1.54) is 34.4 Å². The van der Waals surface area contributed by atoms with Crippen molar-refractivity contribution in [2.45, 2.75) is 19.1 Å². The van der Waals surface area contributed by atoms with Crippen molar-refractivity contribution in [3.8, 4) is 11.5 Å². The van der Waals surface area contributed by atoms with Gasteiger partial charge < -0.3 is 30.7 Å².